The lowest BCUT2D eigenvalue weighted by atomic mass is 9.94. The van der Waals surface area contributed by atoms with Gasteiger partial charge in [0.2, 0.25) is 0 Å². The van der Waals surface area contributed by atoms with Crippen LogP contribution in [0.15, 0.2) is 22.9 Å². The maximum Gasteiger partial charge on any atom is 0.325 e. The van der Waals surface area contributed by atoms with Gasteiger partial charge in [0.1, 0.15) is 12.3 Å². The normalized spacial score (nSPS) is 17.9. The van der Waals surface area contributed by atoms with Crippen LogP contribution in [-0.4, -0.2) is 49.9 Å². The molecule has 1 atom stereocenters. The van der Waals surface area contributed by atoms with Gasteiger partial charge >= 0.3 is 5.97 Å². The number of carbonyl (C=O) groups excluding carboxylic acids is 1. The van der Waals surface area contributed by atoms with Crippen molar-refractivity contribution in [3.05, 3.63) is 35.5 Å². The van der Waals surface area contributed by atoms with E-state index in [2.05, 4.69) is 10.3 Å². The summed E-state index contributed by atoms with van der Waals surface area (Å²) in [4.78, 5) is 25.4. The maximum atomic E-state index is 12.7. The zero-order chi connectivity index (χ0) is 18.0. The van der Waals surface area contributed by atoms with Crippen LogP contribution in [0.5, 0.6) is 0 Å². The first-order valence-corrected chi connectivity index (χ1v) is 8.45. The summed E-state index contributed by atoms with van der Waals surface area (Å²) in [6.45, 7) is 4.97. The molecule has 1 saturated heterocycles. The zero-order valence-corrected chi connectivity index (χ0v) is 14.4. The van der Waals surface area contributed by atoms with Crippen LogP contribution < -0.4 is 0 Å². The highest BCUT2D eigenvalue weighted by atomic mass is 16.5. The Balaban J connectivity index is 1.73. The smallest absolute Gasteiger partial charge is 0.325 e. The Bertz CT molecular complexity index is 764. The second-order valence-electron chi connectivity index (χ2n) is 6.67. The Morgan fingerprint density at radius 1 is 1.44 bits per heavy atom. The van der Waals surface area contributed by atoms with Crippen LogP contribution in [0.3, 0.4) is 0 Å². The molecule has 134 valence electrons. The topological polar surface area (TPSA) is 101 Å². The Hall–Kier alpha value is -2.64. The number of hydrogen-bond donors (Lipinski definition) is 1. The molecule has 25 heavy (non-hydrogen) atoms. The van der Waals surface area contributed by atoms with Crippen molar-refractivity contribution in [3.63, 3.8) is 0 Å². The van der Waals surface area contributed by atoms with E-state index >= 15 is 0 Å². The molecule has 3 rings (SSSR count). The fraction of sp³-hybridized carbons (Fsp3) is 0.529. The molecule has 8 heteroatoms. The number of hydrogen-bond acceptors (Lipinski definition) is 5. The third kappa shape index (κ3) is 3.72. The van der Waals surface area contributed by atoms with Crippen molar-refractivity contribution in [1.82, 2.24) is 19.8 Å². The van der Waals surface area contributed by atoms with E-state index in [-0.39, 0.29) is 24.3 Å². The Morgan fingerprint density at radius 2 is 2.24 bits per heavy atom. The number of piperidine rings is 1. The van der Waals surface area contributed by atoms with Crippen LogP contribution in [0.25, 0.3) is 0 Å². The number of aromatic nitrogens is 3. The lowest BCUT2D eigenvalue weighted by Crippen LogP contribution is -2.39. The van der Waals surface area contributed by atoms with Gasteiger partial charge in [0, 0.05) is 42.9 Å². The van der Waals surface area contributed by atoms with Gasteiger partial charge in [0.15, 0.2) is 5.69 Å². The summed E-state index contributed by atoms with van der Waals surface area (Å²) in [5.41, 5.74) is 1.17. The molecular formula is C17H22N4O4. The van der Waals surface area contributed by atoms with Crippen LogP contribution in [-0.2, 0) is 11.3 Å². The molecule has 2 aromatic heterocycles. The highest BCUT2D eigenvalue weighted by Gasteiger charge is 2.29. The molecule has 1 amide bonds. The van der Waals surface area contributed by atoms with Gasteiger partial charge in [-0.15, -0.1) is 0 Å². The minimum atomic E-state index is -0.933. The molecule has 0 spiro atoms. The van der Waals surface area contributed by atoms with E-state index in [4.69, 9.17) is 9.63 Å². The van der Waals surface area contributed by atoms with E-state index in [1.165, 1.54) is 4.68 Å². The van der Waals surface area contributed by atoms with Crippen molar-refractivity contribution >= 4 is 11.9 Å². The standard InChI is InChI=1S/C17H22N4O4/c1-11(2)15-8-13(19-25-15)17(24)20-7-3-4-12(9-20)14-5-6-18-21(14)10-16(22)23/h5-6,8,11-12H,3-4,7,9-10H2,1-2H3,(H,22,23)/t12-/m1/s1. The minimum absolute atomic E-state index is 0.0658. The first kappa shape index (κ1) is 17.2. The summed E-state index contributed by atoms with van der Waals surface area (Å²) >= 11 is 0. The molecule has 0 bridgehead atoms. The average Bonchev–Trinajstić information content (AvgIpc) is 3.23. The minimum Gasteiger partial charge on any atom is -0.480 e. The van der Waals surface area contributed by atoms with Gasteiger partial charge in [0.05, 0.1) is 0 Å². The lowest BCUT2D eigenvalue weighted by molar-refractivity contribution is -0.137. The number of aliphatic carboxylic acids is 1. The fourth-order valence-electron chi connectivity index (χ4n) is 3.18. The molecule has 8 nitrogen and oxygen atoms in total. The van der Waals surface area contributed by atoms with Gasteiger partial charge in [0.25, 0.3) is 5.91 Å². The Kier molecular flexibility index (Phi) is 4.87. The largest absolute Gasteiger partial charge is 0.480 e. The van der Waals surface area contributed by atoms with Crippen molar-refractivity contribution in [2.75, 3.05) is 13.1 Å². The second kappa shape index (κ2) is 7.08. The third-order valence-corrected chi connectivity index (χ3v) is 4.48. The van der Waals surface area contributed by atoms with Crippen LogP contribution in [0.4, 0.5) is 0 Å². The van der Waals surface area contributed by atoms with E-state index in [9.17, 15) is 9.59 Å². The maximum absolute atomic E-state index is 12.7. The molecule has 0 unspecified atom stereocenters. The van der Waals surface area contributed by atoms with Crippen LogP contribution in [0, 0.1) is 0 Å². The van der Waals surface area contributed by atoms with Gasteiger partial charge in [-0.2, -0.15) is 5.10 Å². The lowest BCUT2D eigenvalue weighted by Gasteiger charge is -2.32. The highest BCUT2D eigenvalue weighted by molar-refractivity contribution is 5.92. The van der Waals surface area contributed by atoms with Gasteiger partial charge in [-0.1, -0.05) is 19.0 Å². The van der Waals surface area contributed by atoms with Gasteiger partial charge in [-0.3, -0.25) is 14.3 Å². The molecule has 0 aliphatic carbocycles. The van der Waals surface area contributed by atoms with E-state index in [0.717, 1.165) is 18.5 Å². The van der Waals surface area contributed by atoms with E-state index in [1.54, 1.807) is 17.2 Å². The van der Waals surface area contributed by atoms with E-state index in [0.29, 0.717) is 24.5 Å². The molecule has 1 aliphatic heterocycles. The van der Waals surface area contributed by atoms with Gasteiger partial charge in [-0.25, -0.2) is 0 Å². The van der Waals surface area contributed by atoms with Crippen LogP contribution in [0.2, 0.25) is 0 Å². The number of nitrogens with zero attached hydrogens (tertiary/aromatic N) is 4. The number of likely N-dealkylation sites (tertiary alicyclic amines) is 1. The summed E-state index contributed by atoms with van der Waals surface area (Å²) in [7, 11) is 0. The molecule has 3 heterocycles. The predicted octanol–water partition coefficient (Wildman–Crippen LogP) is 2.10. The number of rotatable bonds is 5. The molecule has 1 N–H and O–H groups in total. The first-order valence-electron chi connectivity index (χ1n) is 8.45. The molecule has 1 aliphatic rings. The van der Waals surface area contributed by atoms with Crippen molar-refractivity contribution in [2.24, 2.45) is 0 Å². The van der Waals surface area contributed by atoms with Crippen molar-refractivity contribution in [2.45, 2.75) is 45.1 Å². The van der Waals surface area contributed by atoms with Crippen LogP contribution in [0.1, 0.15) is 60.5 Å². The number of carboxylic acids is 1. The van der Waals surface area contributed by atoms with Crippen molar-refractivity contribution < 1.29 is 19.2 Å². The molecule has 1 fully saturated rings. The SMILES string of the molecule is CC(C)c1cc(C(=O)N2CCC[C@@H](c3ccnn3CC(=O)O)C2)no1. The van der Waals surface area contributed by atoms with Gasteiger partial charge in [-0.05, 0) is 18.9 Å². The predicted molar refractivity (Wildman–Crippen MR) is 88.3 cm³/mol. The highest BCUT2D eigenvalue weighted by Crippen LogP contribution is 2.28. The number of carboxylic acid groups (broad SMARTS) is 1. The second-order valence-corrected chi connectivity index (χ2v) is 6.67. The van der Waals surface area contributed by atoms with Crippen molar-refractivity contribution in [1.29, 1.82) is 0 Å². The first-order chi connectivity index (χ1) is 12.0. The summed E-state index contributed by atoms with van der Waals surface area (Å²) in [6.07, 6.45) is 3.35. The van der Waals surface area contributed by atoms with E-state index < -0.39 is 5.97 Å². The Labute approximate surface area is 145 Å². The van der Waals surface area contributed by atoms with Crippen molar-refractivity contribution in [3.8, 4) is 0 Å². The third-order valence-electron chi connectivity index (χ3n) is 4.48. The summed E-state index contributed by atoms with van der Waals surface area (Å²) in [5.74, 6) is -0.150. The molecule has 0 aromatic carbocycles. The molecule has 0 saturated carbocycles. The molecule has 0 radical (unpaired) electrons. The van der Waals surface area contributed by atoms with E-state index in [1.807, 2.05) is 19.9 Å². The average molecular weight is 346 g/mol. The molecule has 2 aromatic rings. The Morgan fingerprint density at radius 3 is 2.92 bits per heavy atom. The van der Waals surface area contributed by atoms with Crippen LogP contribution >= 0.6 is 0 Å². The number of carbonyl (C=O) groups is 2. The zero-order valence-electron chi connectivity index (χ0n) is 14.4. The quantitative estimate of drug-likeness (QED) is 0.889. The fourth-order valence-corrected chi connectivity index (χ4v) is 3.18. The summed E-state index contributed by atoms with van der Waals surface area (Å²) < 4.78 is 6.72. The monoisotopic (exact) mass is 346 g/mol. The number of amides is 1. The summed E-state index contributed by atoms with van der Waals surface area (Å²) in [6, 6.07) is 3.53. The summed E-state index contributed by atoms with van der Waals surface area (Å²) in [5, 5.41) is 17.0. The van der Waals surface area contributed by atoms with Gasteiger partial charge < -0.3 is 14.5 Å². The molecular weight excluding hydrogens is 324 g/mol.